The quantitative estimate of drug-likeness (QED) is 0.218. The third-order valence-electron chi connectivity index (χ3n) is 7.47. The Kier molecular flexibility index (Phi) is 9.58. The van der Waals surface area contributed by atoms with E-state index in [0.717, 1.165) is 38.5 Å². The Labute approximate surface area is 255 Å². The molecule has 9 nitrogen and oxygen atoms in total. The highest BCUT2D eigenvalue weighted by Crippen LogP contribution is 2.35. The lowest BCUT2D eigenvalue weighted by molar-refractivity contribution is -0.128. The van der Waals surface area contributed by atoms with Gasteiger partial charge in [0, 0.05) is 29.1 Å². The molecular weight excluding hydrogens is 560 g/mol. The third-order valence-corrected chi connectivity index (χ3v) is 8.62. The van der Waals surface area contributed by atoms with Gasteiger partial charge in [0.15, 0.2) is 0 Å². The van der Waals surface area contributed by atoms with Gasteiger partial charge < -0.3 is 26.3 Å². The van der Waals surface area contributed by atoms with Crippen molar-refractivity contribution in [2.75, 3.05) is 10.7 Å². The van der Waals surface area contributed by atoms with Crippen molar-refractivity contribution in [3.05, 3.63) is 102 Å². The van der Waals surface area contributed by atoms with Crippen LogP contribution >= 0.6 is 11.8 Å². The maximum absolute atomic E-state index is 13.8. The first kappa shape index (κ1) is 30.1. The number of para-hydroxylation sites is 1. The summed E-state index contributed by atoms with van der Waals surface area (Å²) in [5.74, 6) is -0.182. The normalized spacial score (nSPS) is 15.5. The number of aromatic amines is 1. The van der Waals surface area contributed by atoms with E-state index in [1.807, 2.05) is 86.6 Å². The highest BCUT2D eigenvalue weighted by atomic mass is 32.2. The van der Waals surface area contributed by atoms with Crippen LogP contribution in [0.1, 0.15) is 30.7 Å². The molecule has 0 saturated carbocycles. The molecule has 0 radical (unpaired) electrons. The van der Waals surface area contributed by atoms with Gasteiger partial charge in [0.2, 0.25) is 11.8 Å². The summed E-state index contributed by atoms with van der Waals surface area (Å²) in [5, 5.41) is 5.89. The number of anilines is 1. The van der Waals surface area contributed by atoms with Crippen LogP contribution in [0.15, 0.2) is 90.2 Å². The Morgan fingerprint density at radius 1 is 1.07 bits per heavy atom. The van der Waals surface area contributed by atoms with E-state index in [2.05, 4.69) is 20.6 Å². The lowest BCUT2D eigenvalue weighted by Crippen LogP contribution is -2.54. The zero-order valence-corrected chi connectivity index (χ0v) is 25.1. The number of fused-ring (bicyclic) bond motifs is 1. The molecule has 5 N–H and O–H groups in total. The van der Waals surface area contributed by atoms with Crippen LogP contribution in [0.4, 0.5) is 5.69 Å². The van der Waals surface area contributed by atoms with Gasteiger partial charge in [0.05, 0.1) is 31.0 Å². The van der Waals surface area contributed by atoms with Crippen molar-refractivity contribution in [1.29, 1.82) is 0 Å². The van der Waals surface area contributed by atoms with Crippen molar-refractivity contribution in [3.63, 3.8) is 0 Å². The minimum atomic E-state index is -0.690. The molecule has 0 fully saturated rings. The SMILES string of the molecule is CC(C)C(N)C(=O)N[C@@H]1CSc2ccccc2N(Cc2ccc(-c3ccccc3CNC(=O)Cc3cnc[nH]3)cc2)C1=O. The molecule has 5 rings (SSSR count). The number of aromatic nitrogens is 2. The second-order valence-electron chi connectivity index (χ2n) is 10.9. The molecule has 1 aliphatic heterocycles. The molecule has 43 heavy (non-hydrogen) atoms. The topological polar surface area (TPSA) is 133 Å². The largest absolute Gasteiger partial charge is 0.352 e. The van der Waals surface area contributed by atoms with E-state index in [0.29, 0.717) is 18.8 Å². The second kappa shape index (κ2) is 13.7. The maximum Gasteiger partial charge on any atom is 0.250 e. The number of nitrogens with one attached hydrogen (secondary N) is 3. The summed E-state index contributed by atoms with van der Waals surface area (Å²) in [4.78, 5) is 48.6. The van der Waals surface area contributed by atoms with Crippen molar-refractivity contribution in [2.24, 2.45) is 11.7 Å². The van der Waals surface area contributed by atoms with Gasteiger partial charge in [-0.3, -0.25) is 14.4 Å². The molecule has 1 unspecified atom stereocenters. The van der Waals surface area contributed by atoms with E-state index >= 15 is 0 Å². The Bertz CT molecular complexity index is 1570. The fourth-order valence-electron chi connectivity index (χ4n) is 4.93. The molecule has 4 aromatic rings. The Hall–Kier alpha value is -4.41. The number of hydrogen-bond donors (Lipinski definition) is 4. The number of carbonyl (C=O) groups excluding carboxylic acids is 3. The first-order valence-corrected chi connectivity index (χ1v) is 15.3. The zero-order chi connectivity index (χ0) is 30.3. The van der Waals surface area contributed by atoms with Gasteiger partial charge in [-0.2, -0.15) is 0 Å². The zero-order valence-electron chi connectivity index (χ0n) is 24.2. The van der Waals surface area contributed by atoms with E-state index < -0.39 is 12.1 Å². The molecule has 2 heterocycles. The van der Waals surface area contributed by atoms with Crippen molar-refractivity contribution >= 4 is 35.2 Å². The lowest BCUT2D eigenvalue weighted by atomic mass is 9.98. The highest BCUT2D eigenvalue weighted by molar-refractivity contribution is 7.99. The second-order valence-corrected chi connectivity index (χ2v) is 12.0. The minimum Gasteiger partial charge on any atom is -0.352 e. The van der Waals surface area contributed by atoms with Crippen LogP contribution in [-0.2, 0) is 33.9 Å². The summed E-state index contributed by atoms with van der Waals surface area (Å²) in [6.45, 7) is 4.52. The first-order valence-electron chi connectivity index (χ1n) is 14.3. The molecule has 0 spiro atoms. The highest BCUT2D eigenvalue weighted by Gasteiger charge is 2.33. The van der Waals surface area contributed by atoms with Crippen molar-refractivity contribution in [1.82, 2.24) is 20.6 Å². The number of thioether (sulfide) groups is 1. The van der Waals surface area contributed by atoms with Gasteiger partial charge in [0.25, 0.3) is 5.91 Å². The first-order chi connectivity index (χ1) is 20.8. The Morgan fingerprint density at radius 2 is 1.81 bits per heavy atom. The molecule has 0 bridgehead atoms. The molecule has 0 aliphatic carbocycles. The van der Waals surface area contributed by atoms with E-state index in [4.69, 9.17) is 5.73 Å². The number of nitrogens with zero attached hydrogens (tertiary/aromatic N) is 2. The minimum absolute atomic E-state index is 0.0382. The Balaban J connectivity index is 1.32. The van der Waals surface area contributed by atoms with Crippen LogP contribution in [-0.4, -0.2) is 45.5 Å². The smallest absolute Gasteiger partial charge is 0.250 e. The average molecular weight is 597 g/mol. The number of nitrogens with two attached hydrogens (primary N) is 1. The fourth-order valence-corrected chi connectivity index (χ4v) is 6.00. The van der Waals surface area contributed by atoms with Gasteiger partial charge in [-0.1, -0.05) is 74.5 Å². The molecule has 3 aromatic carbocycles. The monoisotopic (exact) mass is 596 g/mol. The predicted octanol–water partition coefficient (Wildman–Crippen LogP) is 4.04. The summed E-state index contributed by atoms with van der Waals surface area (Å²) >= 11 is 1.55. The lowest BCUT2D eigenvalue weighted by Gasteiger charge is -2.27. The number of amides is 3. The molecule has 10 heteroatoms. The summed E-state index contributed by atoms with van der Waals surface area (Å²) in [6.07, 6.45) is 3.44. The van der Waals surface area contributed by atoms with Crippen LogP contribution in [0.2, 0.25) is 0 Å². The molecule has 222 valence electrons. The van der Waals surface area contributed by atoms with Gasteiger partial charge in [-0.15, -0.1) is 11.8 Å². The Morgan fingerprint density at radius 3 is 2.56 bits per heavy atom. The number of rotatable bonds is 10. The van der Waals surface area contributed by atoms with Crippen molar-refractivity contribution in [2.45, 2.75) is 50.3 Å². The van der Waals surface area contributed by atoms with Gasteiger partial charge >= 0.3 is 0 Å². The van der Waals surface area contributed by atoms with Gasteiger partial charge in [-0.25, -0.2) is 4.98 Å². The van der Waals surface area contributed by atoms with E-state index in [1.165, 1.54) is 0 Å². The third kappa shape index (κ3) is 7.33. The van der Waals surface area contributed by atoms with Crippen molar-refractivity contribution in [3.8, 4) is 11.1 Å². The fraction of sp³-hybridized carbons (Fsp3) is 0.273. The van der Waals surface area contributed by atoms with Gasteiger partial charge in [0.1, 0.15) is 6.04 Å². The summed E-state index contributed by atoms with van der Waals surface area (Å²) < 4.78 is 0. The van der Waals surface area contributed by atoms with Crippen LogP contribution < -0.4 is 21.3 Å². The van der Waals surface area contributed by atoms with Gasteiger partial charge in [-0.05, 0) is 40.3 Å². The number of imidazole rings is 1. The number of carbonyl (C=O) groups is 3. The number of benzene rings is 3. The molecule has 0 saturated heterocycles. The van der Waals surface area contributed by atoms with Crippen LogP contribution in [0.25, 0.3) is 11.1 Å². The molecule has 1 aliphatic rings. The summed E-state index contributed by atoms with van der Waals surface area (Å²) in [5.41, 5.74) is 11.6. The maximum atomic E-state index is 13.8. The standard InChI is InChI=1S/C33H36N6O3S/c1-21(2)31(34)32(41)38-27-19-43-29-10-6-5-9-28(29)39(33(27)42)18-22-11-13-23(14-12-22)26-8-4-3-7-24(26)16-36-30(40)15-25-17-35-20-37-25/h3-14,17,20-21,27,31H,15-16,18-19,34H2,1-2H3,(H,35,37)(H,36,40)(H,38,41)/t27-,31?/m1/s1. The van der Waals surface area contributed by atoms with Crippen LogP contribution in [0.3, 0.4) is 0 Å². The molecule has 2 atom stereocenters. The molecule has 1 aromatic heterocycles. The predicted molar refractivity (Wildman–Crippen MR) is 169 cm³/mol. The molecular formula is C33H36N6O3S. The number of H-pyrrole nitrogens is 1. The number of hydrogen-bond acceptors (Lipinski definition) is 6. The average Bonchev–Trinajstić information content (AvgIpc) is 3.49. The van der Waals surface area contributed by atoms with E-state index in [1.54, 1.807) is 29.2 Å². The van der Waals surface area contributed by atoms with E-state index in [-0.39, 0.29) is 30.1 Å². The summed E-state index contributed by atoms with van der Waals surface area (Å²) in [6, 6.07) is 22.5. The van der Waals surface area contributed by atoms with E-state index in [9.17, 15) is 14.4 Å². The summed E-state index contributed by atoms with van der Waals surface area (Å²) in [7, 11) is 0. The molecule has 3 amide bonds. The van der Waals surface area contributed by atoms with Crippen molar-refractivity contribution < 1.29 is 14.4 Å². The van der Waals surface area contributed by atoms with Crippen LogP contribution in [0.5, 0.6) is 0 Å². The van der Waals surface area contributed by atoms with Crippen LogP contribution in [0, 0.1) is 5.92 Å².